The number of aromatic nitrogens is 2. The van der Waals surface area contributed by atoms with E-state index in [1.165, 1.54) is 12.4 Å². The molecule has 98 valence electrons. The van der Waals surface area contributed by atoms with E-state index in [4.69, 9.17) is 0 Å². The molecule has 2 heterocycles. The minimum atomic E-state index is -0.369. The first kappa shape index (κ1) is 11.8. The number of anilines is 1. The average Bonchev–Trinajstić information content (AvgIpc) is 2.37. The summed E-state index contributed by atoms with van der Waals surface area (Å²) in [5.41, 5.74) is 0.545. The molecule has 5 nitrogen and oxygen atoms in total. The molecule has 0 bridgehead atoms. The second kappa shape index (κ2) is 4.46. The first-order valence-corrected chi connectivity index (χ1v) is 6.08. The molecule has 6 heteroatoms. The number of carbonyl (C=O) groups is 1. The van der Waals surface area contributed by atoms with Gasteiger partial charge in [-0.15, -0.1) is 0 Å². The Hall–Kier alpha value is -2.24. The third-order valence-electron chi connectivity index (χ3n) is 3.13. The maximum Gasteiger partial charge on any atom is 0.239 e. The number of hydrogen-bond acceptors (Lipinski definition) is 4. The first-order valence-electron chi connectivity index (χ1n) is 6.08. The van der Waals surface area contributed by atoms with Gasteiger partial charge in [-0.05, 0) is 19.1 Å². The van der Waals surface area contributed by atoms with Crippen molar-refractivity contribution in [2.24, 2.45) is 0 Å². The Labute approximate surface area is 109 Å². The third kappa shape index (κ3) is 2.09. The zero-order valence-electron chi connectivity index (χ0n) is 10.4. The molecule has 1 fully saturated rings. The van der Waals surface area contributed by atoms with Crippen molar-refractivity contribution in [3.8, 4) is 0 Å². The topological polar surface area (TPSA) is 58.1 Å². The van der Waals surface area contributed by atoms with Crippen molar-refractivity contribution < 1.29 is 9.18 Å². The van der Waals surface area contributed by atoms with Gasteiger partial charge in [-0.3, -0.25) is 4.79 Å². The molecule has 1 aromatic carbocycles. The highest BCUT2D eigenvalue weighted by Crippen LogP contribution is 2.26. The summed E-state index contributed by atoms with van der Waals surface area (Å²) < 4.78 is 14.0. The zero-order chi connectivity index (χ0) is 13.4. The fourth-order valence-corrected chi connectivity index (χ4v) is 2.39. The van der Waals surface area contributed by atoms with Crippen LogP contribution in [0.1, 0.15) is 6.92 Å². The second-order valence-electron chi connectivity index (χ2n) is 4.68. The van der Waals surface area contributed by atoms with Crippen molar-refractivity contribution in [2.75, 3.05) is 18.0 Å². The summed E-state index contributed by atoms with van der Waals surface area (Å²) >= 11 is 0. The fourth-order valence-electron chi connectivity index (χ4n) is 2.39. The number of nitrogens with one attached hydrogen (secondary N) is 1. The van der Waals surface area contributed by atoms with Gasteiger partial charge in [0.25, 0.3) is 0 Å². The van der Waals surface area contributed by atoms with Gasteiger partial charge >= 0.3 is 0 Å². The SMILES string of the molecule is CC1CN(c2ncnc3cccc(F)c23)CC(=O)N1. The first-order chi connectivity index (χ1) is 9.15. The lowest BCUT2D eigenvalue weighted by molar-refractivity contribution is -0.121. The molecule has 0 radical (unpaired) electrons. The summed E-state index contributed by atoms with van der Waals surface area (Å²) in [5, 5.41) is 3.19. The second-order valence-corrected chi connectivity index (χ2v) is 4.68. The van der Waals surface area contributed by atoms with Gasteiger partial charge in [-0.25, -0.2) is 14.4 Å². The standard InChI is InChI=1S/C13H13FN4O/c1-8-5-18(6-11(19)17-8)13-12-9(14)3-2-4-10(12)15-7-16-13/h2-4,7-8H,5-6H2,1H3,(H,17,19). The van der Waals surface area contributed by atoms with Crippen LogP contribution in [0.4, 0.5) is 10.2 Å². The summed E-state index contributed by atoms with van der Waals surface area (Å²) in [6, 6.07) is 4.73. The highest BCUT2D eigenvalue weighted by molar-refractivity contribution is 5.92. The predicted octanol–water partition coefficient (Wildman–Crippen LogP) is 1.09. The monoisotopic (exact) mass is 260 g/mol. The fraction of sp³-hybridized carbons (Fsp3) is 0.308. The van der Waals surface area contributed by atoms with Gasteiger partial charge in [0.15, 0.2) is 0 Å². The van der Waals surface area contributed by atoms with Crippen molar-refractivity contribution in [3.63, 3.8) is 0 Å². The molecule has 3 rings (SSSR count). The van der Waals surface area contributed by atoms with Gasteiger partial charge < -0.3 is 10.2 Å². The molecule has 1 amide bonds. The highest BCUT2D eigenvalue weighted by atomic mass is 19.1. The van der Waals surface area contributed by atoms with E-state index < -0.39 is 0 Å². The molecule has 1 atom stereocenters. The molecule has 2 aromatic rings. The number of nitrogens with zero attached hydrogens (tertiary/aromatic N) is 3. The summed E-state index contributed by atoms with van der Waals surface area (Å²) in [6.45, 7) is 2.70. The number of benzene rings is 1. The Morgan fingerprint density at radius 2 is 2.26 bits per heavy atom. The Balaban J connectivity index is 2.12. The molecule has 1 saturated heterocycles. The van der Waals surface area contributed by atoms with E-state index in [1.54, 1.807) is 17.0 Å². The van der Waals surface area contributed by atoms with Crippen molar-refractivity contribution in [1.82, 2.24) is 15.3 Å². The van der Waals surface area contributed by atoms with Gasteiger partial charge in [0.2, 0.25) is 5.91 Å². The minimum absolute atomic E-state index is 0.0121. The van der Waals surface area contributed by atoms with E-state index in [1.807, 2.05) is 6.92 Å². The lowest BCUT2D eigenvalue weighted by atomic mass is 10.1. The molecule has 19 heavy (non-hydrogen) atoms. The molecule has 0 spiro atoms. The molecule has 1 aromatic heterocycles. The molecule has 1 aliphatic rings. The van der Waals surface area contributed by atoms with Crippen molar-refractivity contribution >= 4 is 22.6 Å². The van der Waals surface area contributed by atoms with E-state index in [0.29, 0.717) is 23.3 Å². The van der Waals surface area contributed by atoms with Gasteiger partial charge in [0, 0.05) is 12.6 Å². The highest BCUT2D eigenvalue weighted by Gasteiger charge is 2.24. The average molecular weight is 260 g/mol. The molecule has 1 aliphatic heterocycles. The number of amides is 1. The van der Waals surface area contributed by atoms with Crippen LogP contribution in [-0.4, -0.2) is 35.0 Å². The number of piperazine rings is 1. The predicted molar refractivity (Wildman–Crippen MR) is 69.3 cm³/mol. The molecule has 1 unspecified atom stereocenters. The van der Waals surface area contributed by atoms with Crippen LogP contribution in [0.5, 0.6) is 0 Å². The molecule has 1 N–H and O–H groups in total. The Morgan fingerprint density at radius 3 is 3.05 bits per heavy atom. The number of carbonyl (C=O) groups excluding carboxylic acids is 1. The Bertz CT molecular complexity index is 640. The maximum absolute atomic E-state index is 14.0. The lowest BCUT2D eigenvalue weighted by Gasteiger charge is -2.32. The van der Waals surface area contributed by atoms with Gasteiger partial charge in [-0.2, -0.15) is 0 Å². The number of halogens is 1. The normalized spacial score (nSPS) is 19.6. The van der Waals surface area contributed by atoms with Gasteiger partial charge in [-0.1, -0.05) is 6.07 Å². The third-order valence-corrected chi connectivity index (χ3v) is 3.13. The van der Waals surface area contributed by atoms with E-state index in [9.17, 15) is 9.18 Å². The van der Waals surface area contributed by atoms with Gasteiger partial charge in [0.1, 0.15) is 18.0 Å². The van der Waals surface area contributed by atoms with Crippen LogP contribution in [0.25, 0.3) is 10.9 Å². The van der Waals surface area contributed by atoms with Crippen LogP contribution in [0.2, 0.25) is 0 Å². The Morgan fingerprint density at radius 1 is 1.42 bits per heavy atom. The summed E-state index contributed by atoms with van der Waals surface area (Å²) in [6.07, 6.45) is 1.40. The van der Waals surface area contributed by atoms with Gasteiger partial charge in [0.05, 0.1) is 17.4 Å². The molecular weight excluding hydrogens is 247 g/mol. The smallest absolute Gasteiger partial charge is 0.239 e. The van der Waals surface area contributed by atoms with Crippen LogP contribution in [-0.2, 0) is 4.79 Å². The zero-order valence-corrected chi connectivity index (χ0v) is 10.4. The van der Waals surface area contributed by atoms with E-state index in [0.717, 1.165) is 0 Å². The van der Waals surface area contributed by atoms with Crippen molar-refractivity contribution in [3.05, 3.63) is 30.3 Å². The van der Waals surface area contributed by atoms with Crippen LogP contribution in [0.3, 0.4) is 0 Å². The summed E-state index contributed by atoms with van der Waals surface area (Å²) in [4.78, 5) is 21.6. The maximum atomic E-state index is 14.0. The minimum Gasteiger partial charge on any atom is -0.350 e. The molecule has 0 aliphatic carbocycles. The Kier molecular flexibility index (Phi) is 2.77. The largest absolute Gasteiger partial charge is 0.350 e. The van der Waals surface area contributed by atoms with Crippen LogP contribution >= 0.6 is 0 Å². The van der Waals surface area contributed by atoms with Crippen molar-refractivity contribution in [2.45, 2.75) is 13.0 Å². The van der Waals surface area contributed by atoms with Crippen LogP contribution in [0.15, 0.2) is 24.5 Å². The number of fused-ring (bicyclic) bond motifs is 1. The lowest BCUT2D eigenvalue weighted by Crippen LogP contribution is -2.53. The van der Waals surface area contributed by atoms with Crippen molar-refractivity contribution in [1.29, 1.82) is 0 Å². The number of hydrogen-bond donors (Lipinski definition) is 1. The quantitative estimate of drug-likeness (QED) is 0.834. The summed E-state index contributed by atoms with van der Waals surface area (Å²) in [7, 11) is 0. The van der Waals surface area contributed by atoms with Crippen LogP contribution in [0, 0.1) is 5.82 Å². The van der Waals surface area contributed by atoms with E-state index >= 15 is 0 Å². The molecular formula is C13H13FN4O. The molecule has 0 saturated carbocycles. The summed E-state index contributed by atoms with van der Waals surface area (Å²) in [5.74, 6) is 0.0263. The van der Waals surface area contributed by atoms with Crippen LogP contribution < -0.4 is 10.2 Å². The van der Waals surface area contributed by atoms with E-state index in [-0.39, 0.29) is 24.3 Å². The number of rotatable bonds is 1. The van der Waals surface area contributed by atoms with E-state index in [2.05, 4.69) is 15.3 Å².